The number of ether oxygens (including phenoxy) is 2. The second-order valence-corrected chi connectivity index (χ2v) is 7.68. The average Bonchev–Trinajstić information content (AvgIpc) is 2.61. The molecule has 0 aliphatic rings. The van der Waals surface area contributed by atoms with E-state index < -0.39 is 22.1 Å². The first-order valence-electron chi connectivity index (χ1n) is 8.08. The second kappa shape index (κ2) is 7.89. The minimum atomic E-state index is -4.01. The number of methoxy groups -OCH3 is 1. The zero-order valence-corrected chi connectivity index (χ0v) is 16.3. The van der Waals surface area contributed by atoms with Gasteiger partial charge < -0.3 is 9.47 Å². The van der Waals surface area contributed by atoms with Crippen LogP contribution in [-0.2, 0) is 14.8 Å². The summed E-state index contributed by atoms with van der Waals surface area (Å²) in [6.07, 6.45) is -1.07. The molecule has 27 heavy (non-hydrogen) atoms. The van der Waals surface area contributed by atoms with Gasteiger partial charge in [0.1, 0.15) is 11.3 Å². The fourth-order valence-corrected chi connectivity index (χ4v) is 2.97. The molecular weight excluding hydrogens is 370 g/mol. The SMILES string of the molecule is COc1ccc(S(N)(=O)=O)cc1C(=O)O[C@H](C)C(=O)c1ccc(C)c(C)c1. The van der Waals surface area contributed by atoms with E-state index in [-0.39, 0.29) is 22.0 Å². The fourth-order valence-electron chi connectivity index (χ4n) is 2.43. The number of ketones is 1. The summed E-state index contributed by atoms with van der Waals surface area (Å²) in [4.78, 5) is 24.8. The molecule has 0 heterocycles. The third-order valence-electron chi connectivity index (χ3n) is 4.16. The van der Waals surface area contributed by atoms with Crippen LogP contribution in [0.1, 0.15) is 38.8 Å². The van der Waals surface area contributed by atoms with Crippen molar-refractivity contribution in [3.05, 3.63) is 58.7 Å². The molecule has 1 atom stereocenters. The number of hydrogen-bond donors (Lipinski definition) is 1. The predicted octanol–water partition coefficient (Wildman–Crippen LogP) is 2.39. The fraction of sp³-hybridized carbons (Fsp3) is 0.263. The van der Waals surface area contributed by atoms with Crippen LogP contribution in [0.2, 0.25) is 0 Å². The molecule has 0 radical (unpaired) electrons. The zero-order chi connectivity index (χ0) is 20.4. The number of primary sulfonamides is 1. The lowest BCUT2D eigenvalue weighted by atomic mass is 10.0. The zero-order valence-electron chi connectivity index (χ0n) is 15.5. The highest BCUT2D eigenvalue weighted by Gasteiger charge is 2.24. The van der Waals surface area contributed by atoms with E-state index >= 15 is 0 Å². The van der Waals surface area contributed by atoms with Crippen molar-refractivity contribution in [2.45, 2.75) is 31.8 Å². The normalized spacial score (nSPS) is 12.3. The largest absolute Gasteiger partial charge is 0.496 e. The third kappa shape index (κ3) is 4.72. The average molecular weight is 391 g/mol. The Balaban J connectivity index is 2.27. The number of nitrogens with two attached hydrogens (primary N) is 1. The summed E-state index contributed by atoms with van der Waals surface area (Å²) in [5, 5.41) is 5.09. The number of esters is 1. The van der Waals surface area contributed by atoms with Crippen LogP contribution in [0.15, 0.2) is 41.3 Å². The van der Waals surface area contributed by atoms with E-state index in [1.54, 1.807) is 12.1 Å². The smallest absolute Gasteiger partial charge is 0.342 e. The Morgan fingerprint density at radius 3 is 2.26 bits per heavy atom. The summed E-state index contributed by atoms with van der Waals surface area (Å²) in [6, 6.07) is 8.78. The lowest BCUT2D eigenvalue weighted by molar-refractivity contribution is 0.0315. The van der Waals surface area contributed by atoms with Crippen molar-refractivity contribution in [2.75, 3.05) is 7.11 Å². The molecule has 0 amide bonds. The summed E-state index contributed by atoms with van der Waals surface area (Å²) in [6.45, 7) is 5.26. The van der Waals surface area contributed by atoms with E-state index in [1.807, 2.05) is 19.9 Å². The molecule has 0 saturated heterocycles. The van der Waals surface area contributed by atoms with Crippen LogP contribution in [0.25, 0.3) is 0 Å². The van der Waals surface area contributed by atoms with Gasteiger partial charge in [0.2, 0.25) is 15.8 Å². The van der Waals surface area contributed by atoms with Crippen LogP contribution in [0, 0.1) is 13.8 Å². The van der Waals surface area contributed by atoms with Crippen molar-refractivity contribution in [1.82, 2.24) is 0 Å². The van der Waals surface area contributed by atoms with Crippen molar-refractivity contribution < 1.29 is 27.5 Å². The molecule has 2 rings (SSSR count). The van der Waals surface area contributed by atoms with Gasteiger partial charge in [-0.1, -0.05) is 12.1 Å². The maximum atomic E-state index is 12.5. The van der Waals surface area contributed by atoms with Crippen molar-refractivity contribution in [3.8, 4) is 5.75 Å². The number of carbonyl (C=O) groups excluding carboxylic acids is 2. The molecule has 0 bridgehead atoms. The molecule has 0 aliphatic carbocycles. The Bertz CT molecular complexity index is 997. The first kappa shape index (κ1) is 20.6. The van der Waals surface area contributed by atoms with Crippen LogP contribution in [-0.4, -0.2) is 33.4 Å². The van der Waals surface area contributed by atoms with E-state index in [1.165, 1.54) is 26.2 Å². The predicted molar refractivity (Wildman–Crippen MR) is 99.5 cm³/mol. The van der Waals surface area contributed by atoms with Crippen LogP contribution in [0.4, 0.5) is 0 Å². The van der Waals surface area contributed by atoms with Gasteiger partial charge in [0.25, 0.3) is 0 Å². The van der Waals surface area contributed by atoms with E-state index in [4.69, 9.17) is 14.6 Å². The number of benzene rings is 2. The van der Waals surface area contributed by atoms with Crippen LogP contribution in [0.3, 0.4) is 0 Å². The Morgan fingerprint density at radius 1 is 1.04 bits per heavy atom. The highest BCUT2D eigenvalue weighted by atomic mass is 32.2. The first-order chi connectivity index (χ1) is 12.5. The number of sulfonamides is 1. The molecule has 8 heteroatoms. The van der Waals surface area contributed by atoms with Crippen molar-refractivity contribution >= 4 is 21.8 Å². The molecule has 0 aromatic heterocycles. The van der Waals surface area contributed by atoms with Gasteiger partial charge in [0, 0.05) is 5.56 Å². The molecule has 2 aromatic rings. The summed E-state index contributed by atoms with van der Waals surface area (Å²) in [5.74, 6) is -1.15. The lowest BCUT2D eigenvalue weighted by Crippen LogP contribution is -2.25. The molecule has 0 fully saturated rings. The summed E-state index contributed by atoms with van der Waals surface area (Å²) in [5.41, 5.74) is 2.27. The van der Waals surface area contributed by atoms with E-state index in [9.17, 15) is 18.0 Å². The number of aryl methyl sites for hydroxylation is 2. The molecule has 0 aliphatic heterocycles. The van der Waals surface area contributed by atoms with Crippen LogP contribution in [0.5, 0.6) is 5.75 Å². The topological polar surface area (TPSA) is 113 Å². The maximum Gasteiger partial charge on any atom is 0.342 e. The van der Waals surface area contributed by atoms with Crippen molar-refractivity contribution in [2.24, 2.45) is 5.14 Å². The molecule has 2 N–H and O–H groups in total. The van der Waals surface area contributed by atoms with E-state index in [0.717, 1.165) is 17.2 Å². The van der Waals surface area contributed by atoms with Gasteiger partial charge >= 0.3 is 5.97 Å². The molecule has 0 spiro atoms. The minimum absolute atomic E-state index is 0.109. The number of Topliss-reactive ketones (excluding diaryl/α,β-unsaturated/α-hetero) is 1. The van der Waals surface area contributed by atoms with E-state index in [0.29, 0.717) is 5.56 Å². The summed E-state index contributed by atoms with van der Waals surface area (Å²) >= 11 is 0. The van der Waals surface area contributed by atoms with Gasteiger partial charge in [-0.15, -0.1) is 0 Å². The Kier molecular flexibility index (Phi) is 6.02. The molecule has 0 saturated carbocycles. The van der Waals surface area contributed by atoms with Gasteiger partial charge in [-0.3, -0.25) is 4.79 Å². The van der Waals surface area contributed by atoms with Gasteiger partial charge in [0.15, 0.2) is 6.10 Å². The number of hydrogen-bond acceptors (Lipinski definition) is 6. The first-order valence-corrected chi connectivity index (χ1v) is 9.62. The van der Waals surface area contributed by atoms with Crippen molar-refractivity contribution in [1.29, 1.82) is 0 Å². The highest BCUT2D eigenvalue weighted by molar-refractivity contribution is 7.89. The van der Waals surface area contributed by atoms with Crippen molar-refractivity contribution in [3.63, 3.8) is 0 Å². The Hall–Kier alpha value is -2.71. The minimum Gasteiger partial charge on any atom is -0.496 e. The van der Waals surface area contributed by atoms with Gasteiger partial charge in [-0.05, 0) is 56.2 Å². The third-order valence-corrected chi connectivity index (χ3v) is 5.07. The standard InChI is InChI=1S/C19H21NO6S/c1-11-5-6-14(9-12(11)2)18(21)13(3)26-19(22)16-10-15(27(20,23)24)7-8-17(16)25-4/h5-10,13H,1-4H3,(H2,20,23,24)/t13-/m1/s1. The molecule has 7 nitrogen and oxygen atoms in total. The van der Waals surface area contributed by atoms with Gasteiger partial charge in [-0.2, -0.15) is 0 Å². The highest BCUT2D eigenvalue weighted by Crippen LogP contribution is 2.24. The van der Waals surface area contributed by atoms with Gasteiger partial charge in [-0.25, -0.2) is 18.4 Å². The van der Waals surface area contributed by atoms with Crippen LogP contribution < -0.4 is 9.88 Å². The maximum absolute atomic E-state index is 12.5. The summed E-state index contributed by atoms with van der Waals surface area (Å²) < 4.78 is 33.3. The second-order valence-electron chi connectivity index (χ2n) is 6.12. The molecule has 144 valence electrons. The lowest BCUT2D eigenvalue weighted by Gasteiger charge is -2.15. The molecule has 0 unspecified atom stereocenters. The number of rotatable bonds is 6. The quantitative estimate of drug-likeness (QED) is 0.597. The van der Waals surface area contributed by atoms with Crippen LogP contribution >= 0.6 is 0 Å². The van der Waals surface area contributed by atoms with Gasteiger partial charge in [0.05, 0.1) is 12.0 Å². The molecular formula is C19H21NO6S. The Labute approximate surface area is 158 Å². The summed E-state index contributed by atoms with van der Waals surface area (Å²) in [7, 11) is -2.68. The molecule has 2 aromatic carbocycles. The Morgan fingerprint density at radius 2 is 1.70 bits per heavy atom. The number of carbonyl (C=O) groups is 2. The van der Waals surface area contributed by atoms with E-state index in [2.05, 4.69) is 0 Å². The monoisotopic (exact) mass is 391 g/mol.